The van der Waals surface area contributed by atoms with Crippen molar-refractivity contribution < 1.29 is 18.8 Å². The highest BCUT2D eigenvalue weighted by Crippen LogP contribution is 2.46. The fourth-order valence-electron chi connectivity index (χ4n) is 4.84. The number of hydrogen-bond donors (Lipinski definition) is 1. The third-order valence-corrected chi connectivity index (χ3v) is 6.48. The second-order valence-electron chi connectivity index (χ2n) is 8.54. The number of carbonyl (C=O) groups excluding carboxylic acids is 2. The van der Waals surface area contributed by atoms with E-state index in [0.29, 0.717) is 66.0 Å². The summed E-state index contributed by atoms with van der Waals surface area (Å²) in [6.07, 6.45) is 0.995. The lowest BCUT2D eigenvalue weighted by molar-refractivity contribution is -0.119. The Morgan fingerprint density at radius 3 is 2.50 bits per heavy atom. The number of nitrogens with one attached hydrogen (secondary N) is 1. The highest BCUT2D eigenvalue weighted by Gasteiger charge is 2.34. The van der Waals surface area contributed by atoms with Gasteiger partial charge in [-0.3, -0.25) is 9.59 Å². The third kappa shape index (κ3) is 3.23. The first kappa shape index (κ1) is 20.5. The minimum absolute atomic E-state index is 0.0647. The highest BCUT2D eigenvalue weighted by atomic mass is 16.5. The summed E-state index contributed by atoms with van der Waals surface area (Å²) in [5, 5.41) is 8.56. The van der Waals surface area contributed by atoms with Gasteiger partial charge >= 0.3 is 0 Å². The number of carbonyl (C=O) groups is 2. The Kier molecular flexibility index (Phi) is 4.83. The van der Waals surface area contributed by atoms with Crippen LogP contribution in [-0.4, -0.2) is 36.4 Å². The lowest BCUT2D eigenvalue weighted by Crippen LogP contribution is -2.34. The molecular formula is C27H23N3O4. The summed E-state index contributed by atoms with van der Waals surface area (Å²) in [6.45, 7) is 3.77. The third-order valence-electron chi connectivity index (χ3n) is 6.48. The number of aromatic nitrogens is 1. The number of ketones is 2. The van der Waals surface area contributed by atoms with Crippen molar-refractivity contribution >= 4 is 39.5 Å². The highest BCUT2D eigenvalue weighted by molar-refractivity contribution is 6.28. The first-order valence-electron chi connectivity index (χ1n) is 11.5. The van der Waals surface area contributed by atoms with Crippen molar-refractivity contribution in [3.05, 3.63) is 65.7 Å². The zero-order chi connectivity index (χ0) is 23.2. The molecule has 1 aliphatic carbocycles. The first-order chi connectivity index (χ1) is 16.6. The normalized spacial score (nSPS) is 14.9. The number of Topliss-reactive ketones (excluding diaryl/α,β-unsaturated/α-hetero) is 1. The van der Waals surface area contributed by atoms with Crippen molar-refractivity contribution in [2.75, 3.05) is 29.9 Å². The smallest absolute Gasteiger partial charge is 0.196 e. The fraction of sp³-hybridized carbons (Fsp3) is 0.222. The minimum atomic E-state index is -0.0647. The first-order valence-corrected chi connectivity index (χ1v) is 11.5. The lowest BCUT2D eigenvalue weighted by atomic mass is 9.86. The van der Waals surface area contributed by atoms with Crippen molar-refractivity contribution in [3.63, 3.8) is 0 Å². The van der Waals surface area contributed by atoms with Gasteiger partial charge in [0, 0.05) is 42.7 Å². The summed E-state index contributed by atoms with van der Waals surface area (Å²) >= 11 is 0. The number of ether oxygens (including phenoxy) is 1. The Labute approximate surface area is 196 Å². The van der Waals surface area contributed by atoms with E-state index in [1.807, 2.05) is 61.5 Å². The molecule has 4 aromatic rings. The van der Waals surface area contributed by atoms with E-state index in [1.54, 1.807) is 0 Å². The molecule has 2 aliphatic rings. The second kappa shape index (κ2) is 8.02. The molecule has 0 spiro atoms. The predicted octanol–water partition coefficient (Wildman–Crippen LogP) is 5.35. The lowest BCUT2D eigenvalue weighted by Gasteiger charge is -2.29. The number of hydrogen-bond acceptors (Lipinski definition) is 7. The van der Waals surface area contributed by atoms with E-state index >= 15 is 0 Å². The molecule has 0 saturated carbocycles. The Morgan fingerprint density at radius 2 is 1.76 bits per heavy atom. The minimum Gasteiger partial charge on any atom is -0.494 e. The van der Waals surface area contributed by atoms with Crippen LogP contribution in [0, 0.1) is 0 Å². The van der Waals surface area contributed by atoms with E-state index in [0.717, 1.165) is 22.7 Å². The van der Waals surface area contributed by atoms with Gasteiger partial charge in [0.1, 0.15) is 17.0 Å². The summed E-state index contributed by atoms with van der Waals surface area (Å²) in [5.41, 5.74) is 4.94. The topological polar surface area (TPSA) is 84.7 Å². The molecule has 0 amide bonds. The SMILES string of the molecule is CCOc1ccc(Nc2cc(N3CCC(=O)CC3)c3noc4c3c2C(=O)c2ccccc2-4)cc1. The molecular weight excluding hydrogens is 430 g/mol. The number of fused-ring (bicyclic) bond motifs is 2. The molecule has 7 nitrogen and oxygen atoms in total. The number of benzene rings is 3. The average molecular weight is 453 g/mol. The van der Waals surface area contributed by atoms with E-state index in [2.05, 4.69) is 15.4 Å². The molecule has 0 unspecified atom stereocenters. The molecule has 1 aromatic heterocycles. The molecule has 3 aromatic carbocycles. The zero-order valence-corrected chi connectivity index (χ0v) is 18.8. The second-order valence-corrected chi connectivity index (χ2v) is 8.54. The molecule has 7 heteroatoms. The van der Waals surface area contributed by atoms with E-state index in [1.165, 1.54) is 0 Å². The van der Waals surface area contributed by atoms with Crippen LogP contribution in [0.2, 0.25) is 0 Å². The van der Waals surface area contributed by atoms with Gasteiger partial charge < -0.3 is 19.5 Å². The maximum atomic E-state index is 13.7. The van der Waals surface area contributed by atoms with Crippen LogP contribution in [0.15, 0.2) is 59.1 Å². The Morgan fingerprint density at radius 1 is 1.03 bits per heavy atom. The number of nitrogens with zero attached hydrogens (tertiary/aromatic N) is 2. The van der Waals surface area contributed by atoms with Gasteiger partial charge in [-0.1, -0.05) is 29.4 Å². The number of anilines is 3. The molecule has 1 saturated heterocycles. The molecule has 0 atom stereocenters. The average Bonchev–Trinajstić information content (AvgIpc) is 3.30. The zero-order valence-electron chi connectivity index (χ0n) is 18.8. The van der Waals surface area contributed by atoms with Crippen LogP contribution in [0.5, 0.6) is 5.75 Å². The van der Waals surface area contributed by atoms with E-state index < -0.39 is 0 Å². The maximum Gasteiger partial charge on any atom is 0.196 e. The van der Waals surface area contributed by atoms with Gasteiger partial charge in [0.25, 0.3) is 0 Å². The number of piperidine rings is 1. The van der Waals surface area contributed by atoms with Crippen molar-refractivity contribution in [1.29, 1.82) is 0 Å². The van der Waals surface area contributed by atoms with Crippen molar-refractivity contribution in [2.45, 2.75) is 19.8 Å². The van der Waals surface area contributed by atoms with Gasteiger partial charge in [-0.15, -0.1) is 0 Å². The molecule has 0 radical (unpaired) electrons. The Bertz CT molecular complexity index is 1430. The standard InChI is InChI=1S/C27H23N3O4/c1-2-33-18-9-7-16(8-10-18)28-21-15-22(30-13-11-17(31)12-14-30)25-24-23(21)26(32)19-5-3-4-6-20(19)27(24)34-29-25/h3-10,15,28H,2,11-14H2,1H3. The van der Waals surface area contributed by atoms with Crippen LogP contribution in [0.1, 0.15) is 35.7 Å². The van der Waals surface area contributed by atoms with Gasteiger partial charge in [0.05, 0.1) is 28.9 Å². The Hall–Kier alpha value is -4.13. The van der Waals surface area contributed by atoms with Crippen molar-refractivity contribution in [2.24, 2.45) is 0 Å². The molecule has 0 bridgehead atoms. The molecule has 2 heterocycles. The van der Waals surface area contributed by atoms with Crippen molar-refractivity contribution in [3.8, 4) is 17.1 Å². The molecule has 34 heavy (non-hydrogen) atoms. The Balaban J connectivity index is 1.53. The summed E-state index contributed by atoms with van der Waals surface area (Å²) in [4.78, 5) is 27.7. The molecule has 1 aliphatic heterocycles. The van der Waals surface area contributed by atoms with Crippen LogP contribution in [-0.2, 0) is 4.79 Å². The van der Waals surface area contributed by atoms with Crippen LogP contribution >= 0.6 is 0 Å². The predicted molar refractivity (Wildman–Crippen MR) is 130 cm³/mol. The van der Waals surface area contributed by atoms with Crippen LogP contribution in [0.25, 0.3) is 22.2 Å². The van der Waals surface area contributed by atoms with Crippen LogP contribution < -0.4 is 15.0 Å². The van der Waals surface area contributed by atoms with Gasteiger partial charge in [-0.25, -0.2) is 0 Å². The van der Waals surface area contributed by atoms with Crippen LogP contribution in [0.4, 0.5) is 17.1 Å². The summed E-state index contributed by atoms with van der Waals surface area (Å²) in [7, 11) is 0. The van der Waals surface area contributed by atoms with E-state index in [4.69, 9.17) is 9.26 Å². The van der Waals surface area contributed by atoms with Gasteiger partial charge in [0.15, 0.2) is 11.5 Å². The van der Waals surface area contributed by atoms with Gasteiger partial charge in [0.2, 0.25) is 0 Å². The van der Waals surface area contributed by atoms with Crippen molar-refractivity contribution in [1.82, 2.24) is 5.16 Å². The summed E-state index contributed by atoms with van der Waals surface area (Å²) in [6, 6.07) is 17.1. The monoisotopic (exact) mass is 453 g/mol. The molecule has 1 fully saturated rings. The molecule has 6 rings (SSSR count). The van der Waals surface area contributed by atoms with E-state index in [-0.39, 0.29) is 11.6 Å². The molecule has 170 valence electrons. The summed E-state index contributed by atoms with van der Waals surface area (Å²) in [5.74, 6) is 1.59. The van der Waals surface area contributed by atoms with Gasteiger partial charge in [-0.05, 0) is 37.3 Å². The maximum absolute atomic E-state index is 13.7. The van der Waals surface area contributed by atoms with E-state index in [9.17, 15) is 9.59 Å². The van der Waals surface area contributed by atoms with Crippen LogP contribution in [0.3, 0.4) is 0 Å². The summed E-state index contributed by atoms with van der Waals surface area (Å²) < 4.78 is 11.4. The number of rotatable bonds is 5. The molecule has 1 N–H and O–H groups in total. The van der Waals surface area contributed by atoms with Gasteiger partial charge in [-0.2, -0.15) is 0 Å². The fourth-order valence-corrected chi connectivity index (χ4v) is 4.84. The largest absolute Gasteiger partial charge is 0.494 e. The quantitative estimate of drug-likeness (QED) is 0.384.